The lowest BCUT2D eigenvalue weighted by Crippen LogP contribution is -2.47. The zero-order valence-corrected chi connectivity index (χ0v) is 18.3. The van der Waals surface area contributed by atoms with E-state index in [2.05, 4.69) is 12.2 Å². The van der Waals surface area contributed by atoms with Gasteiger partial charge in [-0.25, -0.2) is 0 Å². The third-order valence-corrected chi connectivity index (χ3v) is 5.89. The molecule has 1 heterocycles. The minimum atomic E-state index is -0.557. The number of ketones is 1. The Kier molecular flexibility index (Phi) is 6.91. The molecule has 162 valence electrons. The second-order valence-electron chi connectivity index (χ2n) is 7.46. The number of carbonyl (C=O) groups excluding carboxylic acids is 1. The lowest BCUT2D eigenvalue weighted by Gasteiger charge is -2.39. The van der Waals surface area contributed by atoms with E-state index in [9.17, 15) is 14.9 Å². The third kappa shape index (κ3) is 4.26. The minimum Gasteiger partial charge on any atom is -0.493 e. The van der Waals surface area contributed by atoms with E-state index in [1.165, 1.54) is 13.2 Å². The van der Waals surface area contributed by atoms with Crippen molar-refractivity contribution >= 4 is 28.8 Å². The zero-order valence-electron chi connectivity index (χ0n) is 17.5. The highest BCUT2D eigenvalue weighted by Crippen LogP contribution is 2.43. The van der Waals surface area contributed by atoms with Crippen LogP contribution in [0.4, 0.5) is 5.69 Å². The molecule has 8 nitrogen and oxygen atoms in total. The standard InChI is InChI=1S/C21H27N3O5S/c1-4-5-6-10-29-20-15(24(26)27)11-13(12-17(20)28-3)19-18-14(8-7-9-16(18)25)23(2)21(30)22-19/h11-12,19H,4-10H2,1-3H3,(H,22,30). The van der Waals surface area contributed by atoms with Gasteiger partial charge in [0.1, 0.15) is 0 Å². The lowest BCUT2D eigenvalue weighted by molar-refractivity contribution is -0.386. The number of carbonyl (C=O) groups is 1. The molecule has 1 aliphatic carbocycles. The van der Waals surface area contributed by atoms with E-state index >= 15 is 0 Å². The van der Waals surface area contributed by atoms with Gasteiger partial charge in [0, 0.05) is 30.8 Å². The maximum absolute atomic E-state index is 12.7. The van der Waals surface area contributed by atoms with Crippen LogP contribution in [0.5, 0.6) is 11.5 Å². The molecule has 2 aliphatic rings. The number of rotatable bonds is 8. The van der Waals surface area contributed by atoms with Gasteiger partial charge in [0.2, 0.25) is 5.75 Å². The molecular weight excluding hydrogens is 406 g/mol. The van der Waals surface area contributed by atoms with E-state index in [1.807, 2.05) is 11.9 Å². The molecule has 1 aliphatic heterocycles. The summed E-state index contributed by atoms with van der Waals surface area (Å²) < 4.78 is 11.2. The number of nitrogens with one attached hydrogen (secondary N) is 1. The molecule has 1 atom stereocenters. The number of hydrogen-bond donors (Lipinski definition) is 1. The molecule has 1 aromatic carbocycles. The van der Waals surface area contributed by atoms with Gasteiger partial charge >= 0.3 is 5.69 Å². The Labute approximate surface area is 181 Å². The molecule has 1 N–H and O–H groups in total. The summed E-state index contributed by atoms with van der Waals surface area (Å²) in [7, 11) is 3.28. The average molecular weight is 434 g/mol. The van der Waals surface area contributed by atoms with Crippen molar-refractivity contribution in [3.63, 3.8) is 0 Å². The highest BCUT2D eigenvalue weighted by Gasteiger charge is 2.37. The predicted molar refractivity (Wildman–Crippen MR) is 117 cm³/mol. The van der Waals surface area contributed by atoms with Crippen LogP contribution in [0.3, 0.4) is 0 Å². The van der Waals surface area contributed by atoms with Crippen LogP contribution in [0.1, 0.15) is 57.1 Å². The quantitative estimate of drug-likeness (QED) is 0.284. The monoisotopic (exact) mass is 433 g/mol. The molecule has 0 fully saturated rings. The van der Waals surface area contributed by atoms with E-state index in [1.54, 1.807) is 6.07 Å². The Balaban J connectivity index is 2.06. The summed E-state index contributed by atoms with van der Waals surface area (Å²) in [6.07, 6.45) is 4.77. The first-order chi connectivity index (χ1) is 14.4. The number of Topliss-reactive ketones (excluding diaryl/α,β-unsaturated/α-hetero) is 1. The van der Waals surface area contributed by atoms with E-state index < -0.39 is 11.0 Å². The maximum Gasteiger partial charge on any atom is 0.315 e. The summed E-state index contributed by atoms with van der Waals surface area (Å²) in [6.45, 7) is 2.45. The topological polar surface area (TPSA) is 93.9 Å². The van der Waals surface area contributed by atoms with Crippen LogP contribution in [0.25, 0.3) is 0 Å². The van der Waals surface area contributed by atoms with Crippen molar-refractivity contribution in [2.24, 2.45) is 0 Å². The van der Waals surface area contributed by atoms with Gasteiger partial charge in [0.05, 0.1) is 24.7 Å². The van der Waals surface area contributed by atoms with Crippen molar-refractivity contribution in [2.75, 3.05) is 20.8 Å². The van der Waals surface area contributed by atoms with Crippen LogP contribution in [0, 0.1) is 10.1 Å². The van der Waals surface area contributed by atoms with Crippen molar-refractivity contribution in [2.45, 2.75) is 51.5 Å². The Bertz CT molecular complexity index is 899. The Morgan fingerprint density at radius 2 is 2.10 bits per heavy atom. The number of methoxy groups -OCH3 is 1. The summed E-state index contributed by atoms with van der Waals surface area (Å²) in [5, 5.41) is 15.5. The second-order valence-corrected chi connectivity index (χ2v) is 7.85. The molecule has 30 heavy (non-hydrogen) atoms. The van der Waals surface area contributed by atoms with Crippen LogP contribution in [0.2, 0.25) is 0 Å². The maximum atomic E-state index is 12.7. The van der Waals surface area contributed by atoms with Crippen molar-refractivity contribution in [1.82, 2.24) is 10.2 Å². The van der Waals surface area contributed by atoms with Gasteiger partial charge in [-0.15, -0.1) is 0 Å². The van der Waals surface area contributed by atoms with Crippen LogP contribution in [-0.4, -0.2) is 41.5 Å². The van der Waals surface area contributed by atoms with E-state index in [-0.39, 0.29) is 23.0 Å². The summed E-state index contributed by atoms with van der Waals surface area (Å²) in [6, 6.07) is 2.59. The van der Waals surface area contributed by atoms with Gasteiger partial charge in [0.15, 0.2) is 16.6 Å². The molecule has 0 saturated carbocycles. The molecule has 1 unspecified atom stereocenters. The van der Waals surface area contributed by atoms with Crippen molar-refractivity contribution in [3.8, 4) is 11.5 Å². The largest absolute Gasteiger partial charge is 0.493 e. The number of thiocarbonyl (C=S) groups is 1. The van der Waals surface area contributed by atoms with Crippen LogP contribution in [0.15, 0.2) is 23.4 Å². The van der Waals surface area contributed by atoms with E-state index in [4.69, 9.17) is 21.7 Å². The fraction of sp³-hybridized carbons (Fsp3) is 0.524. The van der Waals surface area contributed by atoms with E-state index in [0.717, 1.165) is 37.8 Å². The molecular formula is C21H27N3O5S. The summed E-state index contributed by atoms with van der Waals surface area (Å²) in [5.74, 6) is 0.416. The lowest BCUT2D eigenvalue weighted by atomic mass is 9.84. The first-order valence-electron chi connectivity index (χ1n) is 10.2. The molecule has 1 aromatic rings. The highest BCUT2D eigenvalue weighted by molar-refractivity contribution is 7.80. The Morgan fingerprint density at radius 3 is 2.77 bits per heavy atom. The fourth-order valence-electron chi connectivity index (χ4n) is 3.92. The Hall–Kier alpha value is -2.68. The number of ether oxygens (including phenoxy) is 2. The number of nitro groups is 1. The fourth-order valence-corrected chi connectivity index (χ4v) is 4.15. The first kappa shape index (κ1) is 22.0. The number of nitrogens with zero attached hydrogens (tertiary/aromatic N) is 2. The van der Waals surface area contributed by atoms with Gasteiger partial charge in [-0.3, -0.25) is 14.9 Å². The van der Waals surface area contributed by atoms with Gasteiger partial charge < -0.3 is 19.7 Å². The predicted octanol–water partition coefficient (Wildman–Crippen LogP) is 4.04. The van der Waals surface area contributed by atoms with Crippen LogP contribution >= 0.6 is 12.2 Å². The van der Waals surface area contributed by atoms with E-state index in [0.29, 0.717) is 29.3 Å². The van der Waals surface area contributed by atoms with Crippen molar-refractivity contribution in [3.05, 3.63) is 39.1 Å². The number of hydrogen-bond acceptors (Lipinski definition) is 6. The van der Waals surface area contributed by atoms with Gasteiger partial charge in [-0.1, -0.05) is 19.8 Å². The first-order valence-corrected chi connectivity index (χ1v) is 10.6. The minimum absolute atomic E-state index is 0.0320. The summed E-state index contributed by atoms with van der Waals surface area (Å²) in [5.41, 5.74) is 1.86. The molecule has 0 aromatic heterocycles. The number of allylic oxidation sites excluding steroid dienone is 1. The summed E-state index contributed by atoms with van der Waals surface area (Å²) >= 11 is 5.45. The Morgan fingerprint density at radius 1 is 1.33 bits per heavy atom. The van der Waals surface area contributed by atoms with Crippen LogP contribution in [-0.2, 0) is 4.79 Å². The van der Waals surface area contributed by atoms with Gasteiger partial charge in [-0.2, -0.15) is 0 Å². The molecule has 0 bridgehead atoms. The van der Waals surface area contributed by atoms with Gasteiger partial charge in [-0.05, 0) is 43.1 Å². The molecule has 0 spiro atoms. The van der Waals surface area contributed by atoms with Crippen LogP contribution < -0.4 is 14.8 Å². The molecule has 3 rings (SSSR count). The SMILES string of the molecule is CCCCCOc1c(OC)cc(C2NC(=S)N(C)C3=C2C(=O)CCC3)cc1[N+](=O)[O-]. The third-order valence-electron chi connectivity index (χ3n) is 5.50. The van der Waals surface area contributed by atoms with Crippen molar-refractivity contribution in [1.29, 1.82) is 0 Å². The number of nitro benzene ring substituents is 1. The molecule has 0 amide bonds. The highest BCUT2D eigenvalue weighted by atomic mass is 32.1. The molecule has 0 radical (unpaired) electrons. The zero-order chi connectivity index (χ0) is 21.8. The normalized spacial score (nSPS) is 18.8. The average Bonchev–Trinajstić information content (AvgIpc) is 2.73. The number of benzene rings is 1. The molecule has 0 saturated heterocycles. The molecule has 9 heteroatoms. The van der Waals surface area contributed by atoms with Crippen molar-refractivity contribution < 1.29 is 19.2 Å². The second kappa shape index (κ2) is 9.42. The van der Waals surface area contributed by atoms with Gasteiger partial charge in [0.25, 0.3) is 0 Å². The number of unbranched alkanes of at least 4 members (excludes halogenated alkanes) is 2. The summed E-state index contributed by atoms with van der Waals surface area (Å²) in [4.78, 5) is 25.9. The smallest absolute Gasteiger partial charge is 0.315 e.